The van der Waals surface area contributed by atoms with Crippen LogP contribution in [0.15, 0.2) is 48.5 Å². The molecule has 4 nitrogen and oxygen atoms in total. The lowest BCUT2D eigenvalue weighted by atomic mass is 10.2. The molecule has 0 aliphatic carbocycles. The van der Waals surface area contributed by atoms with E-state index in [-0.39, 0.29) is 0 Å². The Kier molecular flexibility index (Phi) is 4.85. The molecule has 0 bridgehead atoms. The summed E-state index contributed by atoms with van der Waals surface area (Å²) in [6.45, 7) is 0.829. The third-order valence-corrected chi connectivity index (χ3v) is 2.63. The van der Waals surface area contributed by atoms with Crippen molar-refractivity contribution in [3.05, 3.63) is 54.1 Å². The van der Waals surface area contributed by atoms with E-state index in [2.05, 4.69) is 6.07 Å². The van der Waals surface area contributed by atoms with Crippen LogP contribution < -0.4 is 14.2 Å². The highest BCUT2D eigenvalue weighted by Gasteiger charge is 1.98. The van der Waals surface area contributed by atoms with E-state index in [1.807, 2.05) is 30.3 Å². The highest BCUT2D eigenvalue weighted by molar-refractivity contribution is 5.36. The Balaban J connectivity index is 1.80. The maximum Gasteiger partial charge on any atom is 0.123 e. The molecule has 2 aromatic carbocycles. The summed E-state index contributed by atoms with van der Waals surface area (Å²) in [6.07, 6.45) is 0. The lowest BCUT2D eigenvalue weighted by Gasteiger charge is -2.09. The van der Waals surface area contributed by atoms with Crippen LogP contribution in [-0.4, -0.2) is 20.3 Å². The largest absolute Gasteiger partial charge is 0.497 e. The minimum Gasteiger partial charge on any atom is -0.497 e. The van der Waals surface area contributed by atoms with Crippen LogP contribution in [0.1, 0.15) is 5.56 Å². The van der Waals surface area contributed by atoms with Gasteiger partial charge in [-0.2, -0.15) is 5.26 Å². The molecule has 2 aromatic rings. The van der Waals surface area contributed by atoms with Crippen LogP contribution in [0.2, 0.25) is 0 Å². The lowest BCUT2D eigenvalue weighted by Crippen LogP contribution is -2.09. The van der Waals surface area contributed by atoms with E-state index in [1.165, 1.54) is 0 Å². The van der Waals surface area contributed by atoms with E-state index in [0.717, 1.165) is 11.5 Å². The summed E-state index contributed by atoms with van der Waals surface area (Å²) in [4.78, 5) is 0. The third-order valence-electron chi connectivity index (χ3n) is 2.63. The molecule has 0 saturated carbocycles. The zero-order valence-electron chi connectivity index (χ0n) is 11.2. The Morgan fingerprint density at radius 2 is 1.50 bits per heavy atom. The van der Waals surface area contributed by atoms with Crippen molar-refractivity contribution >= 4 is 0 Å². The molecule has 102 valence electrons. The van der Waals surface area contributed by atoms with Gasteiger partial charge >= 0.3 is 0 Å². The molecule has 0 unspecified atom stereocenters. The van der Waals surface area contributed by atoms with Crippen LogP contribution in [0.4, 0.5) is 0 Å². The van der Waals surface area contributed by atoms with Gasteiger partial charge in [0.25, 0.3) is 0 Å². The normalized spacial score (nSPS) is 9.60. The molecule has 4 heteroatoms. The van der Waals surface area contributed by atoms with Gasteiger partial charge in [0.15, 0.2) is 0 Å². The van der Waals surface area contributed by atoms with Gasteiger partial charge in [-0.15, -0.1) is 0 Å². The molecule has 0 amide bonds. The van der Waals surface area contributed by atoms with Crippen molar-refractivity contribution in [3.8, 4) is 23.3 Å². The van der Waals surface area contributed by atoms with Gasteiger partial charge in [0.05, 0.1) is 18.7 Å². The van der Waals surface area contributed by atoms with Gasteiger partial charge in [-0.3, -0.25) is 0 Å². The summed E-state index contributed by atoms with van der Waals surface area (Å²) in [5.41, 5.74) is 0.580. The van der Waals surface area contributed by atoms with E-state index < -0.39 is 0 Å². The summed E-state index contributed by atoms with van der Waals surface area (Å²) in [5, 5.41) is 8.79. The van der Waals surface area contributed by atoms with Crippen molar-refractivity contribution in [2.45, 2.75) is 0 Å². The van der Waals surface area contributed by atoms with Gasteiger partial charge in [0, 0.05) is 6.07 Å². The Morgan fingerprint density at radius 3 is 2.15 bits per heavy atom. The summed E-state index contributed by atoms with van der Waals surface area (Å²) in [6, 6.07) is 16.5. The SMILES string of the molecule is COc1cccc(OCCOc2cccc(C#N)c2)c1. The molecule has 0 aliphatic heterocycles. The van der Waals surface area contributed by atoms with Crippen LogP contribution in [0.3, 0.4) is 0 Å². The Labute approximate surface area is 118 Å². The van der Waals surface area contributed by atoms with Crippen LogP contribution >= 0.6 is 0 Å². The van der Waals surface area contributed by atoms with Crippen LogP contribution in [0.5, 0.6) is 17.2 Å². The number of benzene rings is 2. The quantitative estimate of drug-likeness (QED) is 0.756. The molecule has 2 rings (SSSR count). The number of hydrogen-bond acceptors (Lipinski definition) is 4. The minimum atomic E-state index is 0.409. The highest BCUT2D eigenvalue weighted by atomic mass is 16.5. The van der Waals surface area contributed by atoms with Gasteiger partial charge in [-0.1, -0.05) is 12.1 Å². The first-order valence-electron chi connectivity index (χ1n) is 6.21. The number of nitriles is 1. The minimum absolute atomic E-state index is 0.409. The van der Waals surface area contributed by atoms with Crippen molar-refractivity contribution in [2.24, 2.45) is 0 Å². The number of hydrogen-bond donors (Lipinski definition) is 0. The number of methoxy groups -OCH3 is 1. The predicted octanol–water partition coefficient (Wildman–Crippen LogP) is 3.02. The monoisotopic (exact) mass is 269 g/mol. The van der Waals surface area contributed by atoms with Crippen LogP contribution in [0.25, 0.3) is 0 Å². The first-order valence-corrected chi connectivity index (χ1v) is 6.21. The summed E-state index contributed by atoms with van der Waals surface area (Å²) in [7, 11) is 1.62. The molecule has 0 heterocycles. The molecular formula is C16H15NO3. The molecule has 0 fully saturated rings. The fraction of sp³-hybridized carbons (Fsp3) is 0.188. The van der Waals surface area contributed by atoms with Gasteiger partial charge in [-0.25, -0.2) is 0 Å². The molecule has 0 radical (unpaired) electrons. The van der Waals surface area contributed by atoms with Crippen LogP contribution in [-0.2, 0) is 0 Å². The maximum atomic E-state index is 8.79. The van der Waals surface area contributed by atoms with E-state index in [4.69, 9.17) is 19.5 Å². The summed E-state index contributed by atoms with van der Waals surface area (Å²) < 4.78 is 16.2. The second kappa shape index (κ2) is 7.05. The van der Waals surface area contributed by atoms with Gasteiger partial charge in [-0.05, 0) is 30.3 Å². The van der Waals surface area contributed by atoms with Gasteiger partial charge < -0.3 is 14.2 Å². The average molecular weight is 269 g/mol. The number of nitrogens with zero attached hydrogens (tertiary/aromatic N) is 1. The zero-order chi connectivity index (χ0) is 14.2. The fourth-order valence-electron chi connectivity index (χ4n) is 1.67. The number of rotatable bonds is 6. The van der Waals surface area contributed by atoms with E-state index in [0.29, 0.717) is 24.5 Å². The van der Waals surface area contributed by atoms with Gasteiger partial charge in [0.1, 0.15) is 30.5 Å². The Hall–Kier alpha value is -2.67. The average Bonchev–Trinajstić information content (AvgIpc) is 2.52. The van der Waals surface area contributed by atoms with Crippen LogP contribution in [0, 0.1) is 11.3 Å². The molecule has 0 aliphatic rings. The third kappa shape index (κ3) is 3.92. The topological polar surface area (TPSA) is 51.5 Å². The van der Waals surface area contributed by atoms with Crippen molar-refractivity contribution in [3.63, 3.8) is 0 Å². The molecule has 20 heavy (non-hydrogen) atoms. The van der Waals surface area contributed by atoms with Crippen molar-refractivity contribution < 1.29 is 14.2 Å². The van der Waals surface area contributed by atoms with Crippen molar-refractivity contribution in [1.29, 1.82) is 5.26 Å². The predicted molar refractivity (Wildman–Crippen MR) is 75.1 cm³/mol. The van der Waals surface area contributed by atoms with Gasteiger partial charge in [0.2, 0.25) is 0 Å². The second-order valence-electron chi connectivity index (χ2n) is 4.02. The Bertz CT molecular complexity index is 605. The van der Waals surface area contributed by atoms with E-state index >= 15 is 0 Å². The van der Waals surface area contributed by atoms with Crippen molar-refractivity contribution in [2.75, 3.05) is 20.3 Å². The van der Waals surface area contributed by atoms with E-state index in [9.17, 15) is 0 Å². The summed E-state index contributed by atoms with van der Waals surface area (Å²) >= 11 is 0. The number of ether oxygens (including phenoxy) is 3. The molecule has 0 spiro atoms. The zero-order valence-corrected chi connectivity index (χ0v) is 11.2. The standard InChI is InChI=1S/C16H15NO3/c1-18-14-5-3-7-16(11-14)20-9-8-19-15-6-2-4-13(10-15)12-17/h2-7,10-11H,8-9H2,1H3. The molecule has 0 N–H and O–H groups in total. The van der Waals surface area contributed by atoms with Crippen molar-refractivity contribution in [1.82, 2.24) is 0 Å². The maximum absolute atomic E-state index is 8.79. The van der Waals surface area contributed by atoms with E-state index in [1.54, 1.807) is 25.3 Å². The molecule has 0 aromatic heterocycles. The molecular weight excluding hydrogens is 254 g/mol. The first kappa shape index (κ1) is 13.8. The smallest absolute Gasteiger partial charge is 0.123 e. The Morgan fingerprint density at radius 1 is 0.900 bits per heavy atom. The fourth-order valence-corrected chi connectivity index (χ4v) is 1.67. The summed E-state index contributed by atoms with van der Waals surface area (Å²) in [5.74, 6) is 2.15. The second-order valence-corrected chi connectivity index (χ2v) is 4.02. The molecule has 0 atom stereocenters. The first-order chi connectivity index (χ1) is 9.81. The highest BCUT2D eigenvalue weighted by Crippen LogP contribution is 2.18. The molecule has 0 saturated heterocycles. The lowest BCUT2D eigenvalue weighted by molar-refractivity contribution is 0.216.